The normalized spacial score (nSPS) is 20.1. The standard InChI is InChI=1S/C10H15NO2S/c1-2-3-4-7-14-8-5-6-10(9-14)11(12)13/h5-6,8-9H,2-4,7H2,1H3. The molecular weight excluding hydrogens is 198 g/mol. The Kier molecular flexibility index (Phi) is 4.59. The third-order valence-electron chi connectivity index (χ3n) is 1.99. The quantitative estimate of drug-likeness (QED) is 0.305. The Labute approximate surface area is 86.6 Å². The minimum absolute atomic E-state index is 0.0123. The zero-order chi connectivity index (χ0) is 10.4. The van der Waals surface area contributed by atoms with Gasteiger partial charge in [-0.1, -0.05) is 19.8 Å². The molecule has 0 amide bonds. The average Bonchev–Trinajstić information content (AvgIpc) is 2.19. The van der Waals surface area contributed by atoms with E-state index in [0.717, 1.165) is 12.2 Å². The Bertz CT molecular complexity index is 305. The first-order valence-corrected chi connectivity index (χ1v) is 6.32. The Morgan fingerprint density at radius 3 is 2.93 bits per heavy atom. The highest BCUT2D eigenvalue weighted by molar-refractivity contribution is 8.17. The third-order valence-corrected chi connectivity index (χ3v) is 3.80. The van der Waals surface area contributed by atoms with Crippen LogP contribution in [0.15, 0.2) is 23.3 Å². The summed E-state index contributed by atoms with van der Waals surface area (Å²) < 4.78 is 0. The van der Waals surface area contributed by atoms with E-state index in [9.17, 15) is 10.1 Å². The van der Waals surface area contributed by atoms with Gasteiger partial charge in [-0.15, -0.1) is 0 Å². The number of unbranched alkanes of at least 4 members (excludes halogenated alkanes) is 2. The van der Waals surface area contributed by atoms with Crippen LogP contribution in [0.2, 0.25) is 0 Å². The predicted molar refractivity (Wildman–Crippen MR) is 62.3 cm³/mol. The maximum atomic E-state index is 10.5. The minimum atomic E-state index is -0.316. The molecule has 1 rings (SSSR count). The molecule has 0 saturated carbocycles. The van der Waals surface area contributed by atoms with Gasteiger partial charge in [-0.3, -0.25) is 10.1 Å². The summed E-state index contributed by atoms with van der Waals surface area (Å²) in [4.78, 5) is 10.2. The number of allylic oxidation sites excluding steroid dienone is 3. The fourth-order valence-electron chi connectivity index (χ4n) is 1.22. The van der Waals surface area contributed by atoms with Gasteiger partial charge in [0.15, 0.2) is 0 Å². The summed E-state index contributed by atoms with van der Waals surface area (Å²) in [6.07, 6.45) is 6.92. The summed E-state index contributed by atoms with van der Waals surface area (Å²) in [5.41, 5.74) is 0.243. The Hall–Kier alpha value is -0.900. The van der Waals surface area contributed by atoms with Crippen LogP contribution >= 0.6 is 10.5 Å². The van der Waals surface area contributed by atoms with Crippen molar-refractivity contribution >= 4 is 15.9 Å². The maximum Gasteiger partial charge on any atom is 0.275 e. The van der Waals surface area contributed by atoms with Gasteiger partial charge < -0.3 is 0 Å². The lowest BCUT2D eigenvalue weighted by atomic mass is 10.3. The lowest BCUT2D eigenvalue weighted by Crippen LogP contribution is -2.01. The van der Waals surface area contributed by atoms with E-state index in [4.69, 9.17) is 0 Å². The van der Waals surface area contributed by atoms with Gasteiger partial charge in [0.1, 0.15) is 0 Å². The molecule has 78 valence electrons. The summed E-state index contributed by atoms with van der Waals surface area (Å²) in [5.74, 6) is 1.05. The smallest absolute Gasteiger partial charge is 0.258 e. The highest BCUT2D eigenvalue weighted by Crippen LogP contribution is 2.21. The molecule has 0 bridgehead atoms. The molecule has 1 heterocycles. The zero-order valence-electron chi connectivity index (χ0n) is 8.31. The van der Waals surface area contributed by atoms with Gasteiger partial charge in [0.05, 0.1) is 4.92 Å². The highest BCUT2D eigenvalue weighted by atomic mass is 32.2. The van der Waals surface area contributed by atoms with Gasteiger partial charge in [0, 0.05) is 11.4 Å². The van der Waals surface area contributed by atoms with Crippen molar-refractivity contribution in [3.63, 3.8) is 0 Å². The van der Waals surface area contributed by atoms with Crippen LogP contribution in [0.25, 0.3) is 0 Å². The van der Waals surface area contributed by atoms with Gasteiger partial charge in [-0.2, -0.15) is 10.5 Å². The molecule has 1 atom stereocenters. The fourth-order valence-corrected chi connectivity index (χ4v) is 2.85. The molecule has 0 radical (unpaired) electrons. The molecule has 14 heavy (non-hydrogen) atoms. The topological polar surface area (TPSA) is 43.1 Å². The van der Waals surface area contributed by atoms with Crippen LogP contribution in [-0.4, -0.2) is 16.0 Å². The molecular formula is C10H15NO2S. The van der Waals surface area contributed by atoms with Crippen molar-refractivity contribution in [3.05, 3.63) is 33.4 Å². The molecule has 1 unspecified atom stereocenters. The van der Waals surface area contributed by atoms with E-state index in [1.165, 1.54) is 12.8 Å². The second kappa shape index (κ2) is 5.75. The summed E-state index contributed by atoms with van der Waals surface area (Å²) in [5, 5.41) is 14.3. The van der Waals surface area contributed by atoms with Gasteiger partial charge >= 0.3 is 0 Å². The van der Waals surface area contributed by atoms with E-state index >= 15 is 0 Å². The van der Waals surface area contributed by atoms with E-state index in [1.54, 1.807) is 17.5 Å². The molecule has 1 aliphatic heterocycles. The molecule has 0 aliphatic carbocycles. The van der Waals surface area contributed by atoms with Gasteiger partial charge in [-0.05, 0) is 23.7 Å². The molecule has 0 fully saturated rings. The van der Waals surface area contributed by atoms with Crippen molar-refractivity contribution < 1.29 is 4.92 Å². The second-order valence-corrected chi connectivity index (χ2v) is 5.03. The van der Waals surface area contributed by atoms with E-state index < -0.39 is 0 Å². The first-order valence-electron chi connectivity index (χ1n) is 4.80. The minimum Gasteiger partial charge on any atom is -0.258 e. The van der Waals surface area contributed by atoms with Crippen molar-refractivity contribution in [2.45, 2.75) is 26.2 Å². The van der Waals surface area contributed by atoms with Crippen LogP contribution in [0.5, 0.6) is 0 Å². The van der Waals surface area contributed by atoms with Gasteiger partial charge in [0.25, 0.3) is 5.70 Å². The average molecular weight is 213 g/mol. The fraction of sp³-hybridized carbons (Fsp3) is 0.500. The molecule has 4 heteroatoms. The van der Waals surface area contributed by atoms with Crippen LogP contribution in [0.3, 0.4) is 0 Å². The SMILES string of the molecule is CCCCCS1=CC([N+](=O)[O-])=CC=C1. The van der Waals surface area contributed by atoms with Gasteiger partial charge in [0.2, 0.25) is 0 Å². The molecule has 0 N–H and O–H groups in total. The first-order chi connectivity index (χ1) is 6.74. The largest absolute Gasteiger partial charge is 0.275 e. The van der Waals surface area contributed by atoms with Crippen molar-refractivity contribution in [3.8, 4) is 0 Å². The highest BCUT2D eigenvalue weighted by Gasteiger charge is 2.08. The maximum absolute atomic E-state index is 10.5. The monoisotopic (exact) mass is 213 g/mol. The second-order valence-electron chi connectivity index (χ2n) is 3.18. The number of hydrogen-bond acceptors (Lipinski definition) is 2. The Morgan fingerprint density at radius 2 is 2.29 bits per heavy atom. The van der Waals surface area contributed by atoms with Crippen LogP contribution in [-0.2, 0) is 0 Å². The lowest BCUT2D eigenvalue weighted by Gasteiger charge is -2.05. The lowest BCUT2D eigenvalue weighted by molar-refractivity contribution is -0.413. The van der Waals surface area contributed by atoms with E-state index in [1.807, 2.05) is 0 Å². The van der Waals surface area contributed by atoms with Gasteiger partial charge in [-0.25, -0.2) is 0 Å². The van der Waals surface area contributed by atoms with Crippen molar-refractivity contribution in [2.24, 2.45) is 0 Å². The summed E-state index contributed by atoms with van der Waals surface area (Å²) in [6, 6.07) is 0. The van der Waals surface area contributed by atoms with E-state index in [-0.39, 0.29) is 21.1 Å². The van der Waals surface area contributed by atoms with E-state index in [2.05, 4.69) is 12.3 Å². The Balaban J connectivity index is 2.51. The molecule has 0 saturated heterocycles. The molecule has 0 aromatic carbocycles. The molecule has 1 aliphatic rings. The van der Waals surface area contributed by atoms with Crippen LogP contribution < -0.4 is 0 Å². The van der Waals surface area contributed by atoms with Crippen LogP contribution in [0.4, 0.5) is 0 Å². The van der Waals surface area contributed by atoms with Crippen LogP contribution in [0.1, 0.15) is 26.2 Å². The molecule has 0 spiro atoms. The van der Waals surface area contributed by atoms with E-state index in [0.29, 0.717) is 0 Å². The molecule has 0 aromatic rings. The molecule has 3 nitrogen and oxygen atoms in total. The zero-order valence-corrected chi connectivity index (χ0v) is 9.13. The third kappa shape index (κ3) is 3.46. The van der Waals surface area contributed by atoms with Crippen molar-refractivity contribution in [1.82, 2.24) is 0 Å². The van der Waals surface area contributed by atoms with Crippen molar-refractivity contribution in [1.29, 1.82) is 0 Å². The van der Waals surface area contributed by atoms with Crippen LogP contribution in [0, 0.1) is 10.1 Å². The Morgan fingerprint density at radius 1 is 1.50 bits per heavy atom. The number of rotatable bonds is 5. The summed E-state index contributed by atoms with van der Waals surface area (Å²) in [6.45, 7) is 2.16. The first kappa shape index (κ1) is 11.2. The number of nitrogens with zero attached hydrogens (tertiary/aromatic N) is 1. The number of nitro groups is 1. The molecule has 0 aromatic heterocycles. The summed E-state index contributed by atoms with van der Waals surface area (Å²) >= 11 is 0. The summed E-state index contributed by atoms with van der Waals surface area (Å²) in [7, 11) is -0.0123. The number of hydrogen-bond donors (Lipinski definition) is 0. The van der Waals surface area contributed by atoms with Crippen molar-refractivity contribution in [2.75, 3.05) is 5.75 Å². The predicted octanol–water partition coefficient (Wildman–Crippen LogP) is 2.94.